The van der Waals surface area contributed by atoms with Crippen molar-refractivity contribution in [2.75, 3.05) is 25.0 Å². The summed E-state index contributed by atoms with van der Waals surface area (Å²) in [5.74, 6) is 0.263. The van der Waals surface area contributed by atoms with Crippen molar-refractivity contribution in [2.24, 2.45) is 0 Å². The van der Waals surface area contributed by atoms with E-state index < -0.39 is 10.0 Å². The van der Waals surface area contributed by atoms with E-state index in [-0.39, 0.29) is 10.8 Å². The standard InChI is InChI=1S/C22H30N2O4S/c1-5-24(6-2)29(26,27)19-13-14-21(28-7-3)20(16-19)23-22(25)15-12-18-10-8-17(4)9-11-18/h8-11,13-14,16H,5-7,12,15H2,1-4H3,(H,23,25). The third kappa shape index (κ3) is 6.05. The lowest BCUT2D eigenvalue weighted by atomic mass is 10.1. The van der Waals surface area contributed by atoms with Crippen LogP contribution in [0.25, 0.3) is 0 Å². The Hall–Kier alpha value is -2.38. The van der Waals surface area contributed by atoms with Crippen molar-refractivity contribution in [2.45, 2.75) is 45.4 Å². The second-order valence-electron chi connectivity index (χ2n) is 6.71. The summed E-state index contributed by atoms with van der Waals surface area (Å²) < 4.78 is 32.6. The molecule has 0 saturated carbocycles. The van der Waals surface area contributed by atoms with Crippen LogP contribution in [-0.2, 0) is 21.2 Å². The largest absolute Gasteiger partial charge is 0.492 e. The van der Waals surface area contributed by atoms with Crippen molar-refractivity contribution < 1.29 is 17.9 Å². The number of sulfonamides is 1. The number of nitrogens with one attached hydrogen (secondary N) is 1. The van der Waals surface area contributed by atoms with Crippen LogP contribution in [0.4, 0.5) is 5.69 Å². The average Bonchev–Trinajstić information content (AvgIpc) is 2.69. The molecule has 158 valence electrons. The number of hydrogen-bond acceptors (Lipinski definition) is 4. The fraction of sp³-hybridized carbons (Fsp3) is 0.409. The van der Waals surface area contributed by atoms with Crippen LogP contribution in [0, 0.1) is 6.92 Å². The van der Waals surface area contributed by atoms with E-state index in [1.807, 2.05) is 38.1 Å². The first-order valence-electron chi connectivity index (χ1n) is 9.94. The molecule has 2 aromatic carbocycles. The van der Waals surface area contributed by atoms with Gasteiger partial charge in [-0.1, -0.05) is 43.7 Å². The first-order chi connectivity index (χ1) is 13.8. The second-order valence-corrected chi connectivity index (χ2v) is 8.65. The van der Waals surface area contributed by atoms with Crippen molar-refractivity contribution in [1.82, 2.24) is 4.31 Å². The van der Waals surface area contributed by atoms with Gasteiger partial charge in [-0.05, 0) is 44.0 Å². The number of carbonyl (C=O) groups is 1. The van der Waals surface area contributed by atoms with E-state index in [4.69, 9.17) is 4.74 Å². The molecule has 1 N–H and O–H groups in total. The van der Waals surface area contributed by atoms with Gasteiger partial charge in [0.15, 0.2) is 0 Å². The van der Waals surface area contributed by atoms with Gasteiger partial charge in [-0.2, -0.15) is 4.31 Å². The number of amides is 1. The van der Waals surface area contributed by atoms with Gasteiger partial charge in [-0.15, -0.1) is 0 Å². The summed E-state index contributed by atoms with van der Waals surface area (Å²) in [6, 6.07) is 12.6. The van der Waals surface area contributed by atoms with Gasteiger partial charge in [-0.3, -0.25) is 4.79 Å². The molecule has 0 heterocycles. The SMILES string of the molecule is CCOc1ccc(S(=O)(=O)N(CC)CC)cc1NC(=O)CCc1ccc(C)cc1. The smallest absolute Gasteiger partial charge is 0.243 e. The molecule has 0 radical (unpaired) electrons. The first-order valence-corrected chi connectivity index (χ1v) is 11.4. The third-order valence-electron chi connectivity index (χ3n) is 4.63. The van der Waals surface area contributed by atoms with E-state index in [1.165, 1.54) is 22.0 Å². The second kappa shape index (κ2) is 10.4. The summed E-state index contributed by atoms with van der Waals surface area (Å²) in [5.41, 5.74) is 2.62. The number of ether oxygens (including phenoxy) is 1. The Morgan fingerprint density at radius 2 is 1.69 bits per heavy atom. The maximum Gasteiger partial charge on any atom is 0.243 e. The lowest BCUT2D eigenvalue weighted by Gasteiger charge is -2.20. The number of anilines is 1. The molecule has 0 spiro atoms. The first kappa shape index (κ1) is 22.9. The molecule has 0 fully saturated rings. The van der Waals surface area contributed by atoms with Gasteiger partial charge in [-0.25, -0.2) is 8.42 Å². The van der Waals surface area contributed by atoms with Crippen molar-refractivity contribution in [3.05, 3.63) is 53.6 Å². The summed E-state index contributed by atoms with van der Waals surface area (Å²) in [6.07, 6.45) is 0.898. The molecule has 0 bridgehead atoms. The quantitative estimate of drug-likeness (QED) is 0.633. The van der Waals surface area contributed by atoms with Gasteiger partial charge >= 0.3 is 0 Å². The highest BCUT2D eigenvalue weighted by Crippen LogP contribution is 2.29. The molecule has 1 amide bonds. The normalized spacial score (nSPS) is 11.5. The highest BCUT2D eigenvalue weighted by atomic mass is 32.2. The summed E-state index contributed by atoms with van der Waals surface area (Å²) in [4.78, 5) is 12.6. The monoisotopic (exact) mass is 418 g/mol. The van der Waals surface area contributed by atoms with Crippen LogP contribution in [0.1, 0.15) is 38.3 Å². The zero-order chi connectivity index (χ0) is 21.4. The van der Waals surface area contributed by atoms with Gasteiger partial charge in [0.2, 0.25) is 15.9 Å². The molecule has 7 heteroatoms. The summed E-state index contributed by atoms with van der Waals surface area (Å²) >= 11 is 0. The molecule has 2 aromatic rings. The third-order valence-corrected chi connectivity index (χ3v) is 6.68. The number of hydrogen-bond donors (Lipinski definition) is 1. The molecule has 0 saturated heterocycles. The number of carbonyl (C=O) groups excluding carboxylic acids is 1. The van der Waals surface area contributed by atoms with Crippen LogP contribution in [0.3, 0.4) is 0 Å². The molecule has 0 aliphatic carbocycles. The minimum absolute atomic E-state index is 0.137. The van der Waals surface area contributed by atoms with Crippen LogP contribution in [-0.4, -0.2) is 38.3 Å². The van der Waals surface area contributed by atoms with Crippen LogP contribution in [0.15, 0.2) is 47.4 Å². The summed E-state index contributed by atoms with van der Waals surface area (Å²) in [7, 11) is -3.62. The molecule has 0 aliphatic heterocycles. The predicted octanol–water partition coefficient (Wildman–Crippen LogP) is 4.00. The highest BCUT2D eigenvalue weighted by Gasteiger charge is 2.23. The van der Waals surface area contributed by atoms with E-state index in [0.29, 0.717) is 44.0 Å². The van der Waals surface area contributed by atoms with E-state index in [0.717, 1.165) is 5.56 Å². The van der Waals surface area contributed by atoms with E-state index in [9.17, 15) is 13.2 Å². The Morgan fingerprint density at radius 1 is 1.03 bits per heavy atom. The van der Waals surface area contributed by atoms with Crippen molar-refractivity contribution >= 4 is 21.6 Å². The lowest BCUT2D eigenvalue weighted by molar-refractivity contribution is -0.116. The lowest BCUT2D eigenvalue weighted by Crippen LogP contribution is -2.30. The van der Waals surface area contributed by atoms with Crippen LogP contribution in [0.2, 0.25) is 0 Å². The number of aryl methyl sites for hydroxylation is 2. The molecule has 2 rings (SSSR count). The van der Waals surface area contributed by atoms with Crippen LogP contribution in [0.5, 0.6) is 5.75 Å². The Balaban J connectivity index is 2.20. The Kier molecular flexibility index (Phi) is 8.22. The highest BCUT2D eigenvalue weighted by molar-refractivity contribution is 7.89. The molecule has 0 aromatic heterocycles. The molecule has 29 heavy (non-hydrogen) atoms. The van der Waals surface area contributed by atoms with Crippen LogP contribution >= 0.6 is 0 Å². The molecule has 0 unspecified atom stereocenters. The van der Waals surface area contributed by atoms with Gasteiger partial charge in [0.05, 0.1) is 17.2 Å². The van der Waals surface area contributed by atoms with Crippen molar-refractivity contribution in [3.8, 4) is 5.75 Å². The summed E-state index contributed by atoms with van der Waals surface area (Å²) in [6.45, 7) is 8.62. The maximum absolute atomic E-state index is 12.8. The summed E-state index contributed by atoms with van der Waals surface area (Å²) in [5, 5.41) is 2.82. The number of rotatable bonds is 10. The van der Waals surface area contributed by atoms with E-state index in [1.54, 1.807) is 19.9 Å². The Morgan fingerprint density at radius 3 is 2.28 bits per heavy atom. The zero-order valence-electron chi connectivity index (χ0n) is 17.6. The van der Waals surface area contributed by atoms with E-state index in [2.05, 4.69) is 5.32 Å². The van der Waals surface area contributed by atoms with Gasteiger partial charge in [0, 0.05) is 19.5 Å². The van der Waals surface area contributed by atoms with Crippen LogP contribution < -0.4 is 10.1 Å². The molecular formula is C22H30N2O4S. The topological polar surface area (TPSA) is 75.7 Å². The fourth-order valence-corrected chi connectivity index (χ4v) is 4.47. The predicted molar refractivity (Wildman–Crippen MR) is 116 cm³/mol. The molecule has 0 atom stereocenters. The molecular weight excluding hydrogens is 388 g/mol. The number of benzene rings is 2. The average molecular weight is 419 g/mol. The zero-order valence-corrected chi connectivity index (χ0v) is 18.4. The molecule has 6 nitrogen and oxygen atoms in total. The van der Waals surface area contributed by atoms with Gasteiger partial charge in [0.25, 0.3) is 0 Å². The fourth-order valence-electron chi connectivity index (χ4n) is 2.99. The van der Waals surface area contributed by atoms with Gasteiger partial charge in [0.1, 0.15) is 5.75 Å². The number of nitrogens with zero attached hydrogens (tertiary/aromatic N) is 1. The van der Waals surface area contributed by atoms with Gasteiger partial charge < -0.3 is 10.1 Å². The van der Waals surface area contributed by atoms with E-state index >= 15 is 0 Å². The van der Waals surface area contributed by atoms with Crippen molar-refractivity contribution in [3.63, 3.8) is 0 Å². The maximum atomic E-state index is 12.8. The Labute approximate surface area is 173 Å². The minimum atomic E-state index is -3.62. The van der Waals surface area contributed by atoms with Crippen molar-refractivity contribution in [1.29, 1.82) is 0 Å². The Bertz CT molecular complexity index is 920. The molecule has 0 aliphatic rings. The minimum Gasteiger partial charge on any atom is -0.492 e.